The van der Waals surface area contributed by atoms with Gasteiger partial charge in [0.2, 0.25) is 12.3 Å². The van der Waals surface area contributed by atoms with Crippen LogP contribution in [0.5, 0.6) is 0 Å². The smallest absolute Gasteiger partial charge is 0.249 e. The maximum absolute atomic E-state index is 8.44. The van der Waals surface area contributed by atoms with Crippen molar-refractivity contribution < 1.29 is 60.4 Å². The summed E-state index contributed by atoms with van der Waals surface area (Å²) in [7, 11) is 0. The zero-order valence-electron chi connectivity index (χ0n) is 6.23. The van der Waals surface area contributed by atoms with Crippen molar-refractivity contribution in [1.29, 1.82) is 0 Å². The van der Waals surface area contributed by atoms with E-state index in [0.29, 0.717) is 0 Å². The van der Waals surface area contributed by atoms with Crippen molar-refractivity contribution in [3.05, 3.63) is 0 Å². The van der Waals surface area contributed by atoms with Crippen LogP contribution in [-0.4, -0.2) is 33.5 Å². The van der Waals surface area contributed by atoms with E-state index >= 15 is 0 Å². The van der Waals surface area contributed by atoms with Gasteiger partial charge in [0.25, 0.3) is 0 Å². The van der Waals surface area contributed by atoms with Crippen molar-refractivity contribution in [3.63, 3.8) is 0 Å². The molecule has 82 valence electrons. The molecule has 9 nitrogen and oxygen atoms in total. The Morgan fingerprint density at radius 1 is 0.923 bits per heavy atom. The summed E-state index contributed by atoms with van der Waals surface area (Å²) in [6, 6.07) is 0. The fourth-order valence-electron chi connectivity index (χ4n) is 0. The van der Waals surface area contributed by atoms with E-state index in [1.54, 1.807) is 0 Å². The SMILES string of the molecule is C.O.O.O=C([O-])O.O=C([O-])O.[NH4+].[Zn]. The van der Waals surface area contributed by atoms with Gasteiger partial charge in [-0.3, -0.25) is 0 Å². The van der Waals surface area contributed by atoms with E-state index in [9.17, 15) is 0 Å². The first-order valence-corrected chi connectivity index (χ1v) is 1.26. The molecule has 0 heterocycles. The summed E-state index contributed by atoms with van der Waals surface area (Å²) >= 11 is 0. The largest absolute Gasteiger partial charge is 0.565 e. The number of quaternary nitrogens is 1. The summed E-state index contributed by atoms with van der Waals surface area (Å²) in [6.07, 6.45) is -4.17. The first kappa shape index (κ1) is 57.7. The van der Waals surface area contributed by atoms with Gasteiger partial charge >= 0.3 is 0 Å². The summed E-state index contributed by atoms with van der Waals surface area (Å²) in [5.41, 5.74) is 0. The Bertz CT molecular complexity index is 77.4. The molecule has 0 aliphatic heterocycles. The van der Waals surface area contributed by atoms with Gasteiger partial charge in [0.05, 0.1) is 0 Å². The minimum atomic E-state index is -2.08. The summed E-state index contributed by atoms with van der Waals surface area (Å²) in [5, 5.41) is 30.6. The van der Waals surface area contributed by atoms with E-state index in [1.165, 1.54) is 0 Å². The van der Waals surface area contributed by atoms with E-state index in [0.717, 1.165) is 0 Å². The molecule has 0 aliphatic rings. The van der Waals surface area contributed by atoms with Crippen LogP contribution in [0.2, 0.25) is 0 Å². The molecular formula is C3H14NO8Zn-. The number of carboxylic acid groups (broad SMARTS) is 4. The average Bonchev–Trinajstić information content (AvgIpc) is 1.25. The fraction of sp³-hybridized carbons (Fsp3) is 0.333. The molecule has 0 saturated heterocycles. The van der Waals surface area contributed by atoms with Gasteiger partial charge in [-0.05, 0) is 0 Å². The molecule has 0 aromatic heterocycles. The molecular weight excluding hydrogens is 243 g/mol. The van der Waals surface area contributed by atoms with E-state index in [4.69, 9.17) is 30.0 Å². The molecule has 0 unspecified atom stereocenters. The van der Waals surface area contributed by atoms with Gasteiger partial charge in [0, 0.05) is 19.5 Å². The molecule has 0 spiro atoms. The van der Waals surface area contributed by atoms with Crippen LogP contribution in [0.4, 0.5) is 9.59 Å². The number of hydrogen-bond donors (Lipinski definition) is 3. The molecule has 0 rings (SSSR count). The zero-order chi connectivity index (χ0) is 7.15. The van der Waals surface area contributed by atoms with Gasteiger partial charge in [-0.2, -0.15) is 0 Å². The summed E-state index contributed by atoms with van der Waals surface area (Å²) < 4.78 is 0. The van der Waals surface area contributed by atoms with Crippen LogP contribution in [0.1, 0.15) is 7.43 Å². The van der Waals surface area contributed by atoms with E-state index in [-0.39, 0.29) is 44.0 Å². The zero-order valence-corrected chi connectivity index (χ0v) is 9.20. The van der Waals surface area contributed by atoms with Gasteiger partial charge in [-0.1, -0.05) is 7.43 Å². The van der Waals surface area contributed by atoms with Gasteiger partial charge in [0.15, 0.2) is 0 Å². The summed E-state index contributed by atoms with van der Waals surface area (Å²) in [4.78, 5) is 16.9. The standard InChI is InChI=1S/2CH2O3.CH4.H3N.2H2O.Zn/c2*2-1(3)4;;;;;/h2*(H2,2,3,4);1H4;1H3;2*1H2;/p-1. The molecule has 0 aromatic rings. The number of rotatable bonds is 0. The first-order valence-electron chi connectivity index (χ1n) is 1.26. The molecule has 10 heteroatoms. The minimum Gasteiger partial charge on any atom is -0.565 e. The second kappa shape index (κ2) is 43.8. The second-order valence-corrected chi connectivity index (χ2v) is 0.532. The maximum Gasteiger partial charge on any atom is 0.249 e. The summed E-state index contributed by atoms with van der Waals surface area (Å²) in [5.74, 6) is 0. The van der Waals surface area contributed by atoms with Crippen LogP contribution < -0.4 is 16.4 Å². The number of hydrogen-bond acceptors (Lipinski definition) is 4. The van der Waals surface area contributed by atoms with Crippen LogP contribution in [-0.2, 0) is 19.5 Å². The van der Waals surface area contributed by atoms with E-state index in [2.05, 4.69) is 0 Å². The summed E-state index contributed by atoms with van der Waals surface area (Å²) in [6.45, 7) is 0. The Morgan fingerprint density at radius 2 is 0.923 bits per heavy atom. The molecule has 0 amide bonds. The van der Waals surface area contributed by atoms with Crippen molar-refractivity contribution in [1.82, 2.24) is 6.15 Å². The first-order chi connectivity index (χ1) is 3.46. The van der Waals surface area contributed by atoms with Crippen molar-refractivity contribution in [2.24, 2.45) is 0 Å². The van der Waals surface area contributed by atoms with Crippen LogP contribution >= 0.6 is 0 Å². The second-order valence-electron chi connectivity index (χ2n) is 0.532. The Labute approximate surface area is 87.0 Å². The molecule has 0 atom stereocenters. The predicted octanol–water partition coefficient (Wildman–Crippen LogP) is -2.86. The number of carbonyl (C=O) groups is 2. The monoisotopic (exact) mass is 256 g/mol. The van der Waals surface area contributed by atoms with Crippen LogP contribution in [0.15, 0.2) is 0 Å². The van der Waals surface area contributed by atoms with Gasteiger partial charge in [-0.25, -0.2) is 0 Å². The Kier molecular flexibility index (Phi) is 195. The maximum atomic E-state index is 8.44. The normalized spacial score (nSPS) is 3.69. The molecule has 0 fully saturated rings. The predicted molar refractivity (Wildman–Crippen MR) is 36.0 cm³/mol. The molecule has 0 bridgehead atoms. The quantitative estimate of drug-likeness (QED) is 0.386. The molecule has 0 radical (unpaired) electrons. The Morgan fingerprint density at radius 3 is 0.923 bits per heavy atom. The topological polar surface area (TPSA) is 220 Å². The van der Waals surface area contributed by atoms with Crippen molar-refractivity contribution >= 4 is 12.3 Å². The fourth-order valence-corrected chi connectivity index (χ4v) is 0. The van der Waals surface area contributed by atoms with Crippen LogP contribution in [0, 0.1) is 0 Å². The van der Waals surface area contributed by atoms with Crippen LogP contribution in [0.3, 0.4) is 0 Å². The Balaban J connectivity index is -0.00000000800. The van der Waals surface area contributed by atoms with E-state index < -0.39 is 12.3 Å². The van der Waals surface area contributed by atoms with Crippen molar-refractivity contribution in [2.45, 2.75) is 7.43 Å². The Hall–Kier alpha value is -0.957. The van der Waals surface area contributed by atoms with Gasteiger partial charge in [0.1, 0.15) is 0 Å². The molecule has 10 N–H and O–H groups in total. The van der Waals surface area contributed by atoms with E-state index in [1.807, 2.05) is 0 Å². The molecule has 0 aromatic carbocycles. The van der Waals surface area contributed by atoms with Crippen molar-refractivity contribution in [2.75, 3.05) is 0 Å². The van der Waals surface area contributed by atoms with Gasteiger partial charge in [-0.15, -0.1) is 0 Å². The minimum absolute atomic E-state index is 0. The third-order valence-corrected chi connectivity index (χ3v) is 0. The third-order valence-electron chi connectivity index (χ3n) is 0. The average molecular weight is 258 g/mol. The molecule has 0 aliphatic carbocycles. The van der Waals surface area contributed by atoms with Crippen molar-refractivity contribution in [3.8, 4) is 0 Å². The van der Waals surface area contributed by atoms with Gasteiger partial charge < -0.3 is 47.1 Å². The molecule has 0 saturated carbocycles. The van der Waals surface area contributed by atoms with Crippen LogP contribution in [0.25, 0.3) is 0 Å². The third kappa shape index (κ3) is 987. The molecule has 13 heavy (non-hydrogen) atoms.